The van der Waals surface area contributed by atoms with Gasteiger partial charge in [-0.15, -0.1) is 12.4 Å². The van der Waals surface area contributed by atoms with E-state index in [0.717, 1.165) is 0 Å². The van der Waals surface area contributed by atoms with Crippen molar-refractivity contribution in [1.29, 1.82) is 0 Å². The molecule has 1 aromatic carbocycles. The summed E-state index contributed by atoms with van der Waals surface area (Å²) >= 11 is 7.19. The Morgan fingerprint density at radius 3 is 2.50 bits per heavy atom. The van der Waals surface area contributed by atoms with Crippen LogP contribution < -0.4 is 11.5 Å². The van der Waals surface area contributed by atoms with Crippen LogP contribution in [-0.2, 0) is 0 Å². The molecule has 0 fully saturated rings. The summed E-state index contributed by atoms with van der Waals surface area (Å²) in [6.45, 7) is 0. The zero-order valence-corrected chi connectivity index (χ0v) is 10.9. The monoisotopic (exact) mass is 278 g/mol. The number of guanidine groups is 1. The molecule has 0 aliphatic rings. The lowest BCUT2D eigenvalue weighted by Crippen LogP contribution is -2.15. The molecule has 0 spiro atoms. The van der Waals surface area contributed by atoms with E-state index in [-0.39, 0.29) is 18.4 Å². The van der Waals surface area contributed by atoms with Crippen molar-refractivity contribution in [1.82, 2.24) is 0 Å². The number of hydrogen-bond donors (Lipinski definition) is 2. The summed E-state index contributed by atoms with van der Waals surface area (Å²) in [7, 11) is 0. The Kier molecular flexibility index (Phi) is 6.96. The predicted octanol–water partition coefficient (Wildman–Crippen LogP) is 2.39. The number of nitrogens with two attached hydrogens (primary N) is 2. The van der Waals surface area contributed by atoms with E-state index in [1.165, 1.54) is 11.8 Å². The Morgan fingerprint density at radius 1 is 1.31 bits per heavy atom. The first-order chi connectivity index (χ1) is 7.13. The normalized spacial score (nSPS) is 12.1. The number of rotatable bonds is 1. The van der Waals surface area contributed by atoms with Crippen molar-refractivity contribution < 1.29 is 0 Å². The van der Waals surface area contributed by atoms with Crippen LogP contribution in [0, 0.1) is 0 Å². The molecule has 4 nitrogen and oxygen atoms in total. The molecular weight excluding hydrogens is 267 g/mol. The van der Waals surface area contributed by atoms with Crippen LogP contribution in [0.2, 0.25) is 5.02 Å². The number of amidine groups is 1. The second-order valence-electron chi connectivity index (χ2n) is 2.58. The maximum atomic E-state index is 5.89. The minimum absolute atomic E-state index is 0. The van der Waals surface area contributed by atoms with Gasteiger partial charge in [0.05, 0.1) is 10.7 Å². The molecule has 0 saturated heterocycles. The Bertz CT molecular complexity index is 406. The number of benzene rings is 1. The van der Waals surface area contributed by atoms with E-state index in [1.54, 1.807) is 12.1 Å². The first kappa shape index (κ1) is 15.1. The summed E-state index contributed by atoms with van der Waals surface area (Å²) in [4.78, 5) is 7.89. The average molecular weight is 279 g/mol. The van der Waals surface area contributed by atoms with E-state index in [9.17, 15) is 0 Å². The van der Waals surface area contributed by atoms with Crippen LogP contribution in [0.15, 0.2) is 34.3 Å². The fourth-order valence-electron chi connectivity index (χ4n) is 0.849. The van der Waals surface area contributed by atoms with Crippen molar-refractivity contribution in [2.45, 2.75) is 0 Å². The van der Waals surface area contributed by atoms with Gasteiger partial charge in [0.25, 0.3) is 0 Å². The number of para-hydroxylation sites is 1. The summed E-state index contributed by atoms with van der Waals surface area (Å²) < 4.78 is 0. The molecule has 0 saturated carbocycles. The van der Waals surface area contributed by atoms with Gasteiger partial charge in [0.1, 0.15) is 0 Å². The molecule has 0 aliphatic carbocycles. The molecule has 0 aromatic heterocycles. The first-order valence-corrected chi connectivity index (χ1v) is 5.70. The van der Waals surface area contributed by atoms with Gasteiger partial charge >= 0.3 is 0 Å². The number of aliphatic imine (C=N–C) groups is 2. The molecule has 0 aliphatic heterocycles. The number of thioether (sulfide) groups is 1. The standard InChI is InChI=1S/C9H11ClN4S.ClH/c1-15-9(12)14-8(11)13-7-5-3-2-4-6(7)10;/h2-5H,1H3,(H4,11,12,13,14);1H. The molecule has 88 valence electrons. The predicted molar refractivity (Wildman–Crippen MR) is 75.1 cm³/mol. The van der Waals surface area contributed by atoms with Crippen LogP contribution in [0.4, 0.5) is 5.69 Å². The highest BCUT2D eigenvalue weighted by atomic mass is 35.5. The van der Waals surface area contributed by atoms with Crippen LogP contribution >= 0.6 is 35.8 Å². The second kappa shape index (κ2) is 7.38. The van der Waals surface area contributed by atoms with Crippen molar-refractivity contribution in [2.75, 3.05) is 6.26 Å². The molecule has 0 unspecified atom stereocenters. The molecule has 0 heterocycles. The molecule has 1 rings (SSSR count). The molecule has 0 radical (unpaired) electrons. The van der Waals surface area contributed by atoms with Gasteiger partial charge < -0.3 is 11.5 Å². The van der Waals surface area contributed by atoms with Gasteiger partial charge in [0, 0.05) is 0 Å². The Morgan fingerprint density at radius 2 is 1.94 bits per heavy atom. The molecule has 1 aromatic rings. The van der Waals surface area contributed by atoms with Crippen LogP contribution in [-0.4, -0.2) is 17.4 Å². The summed E-state index contributed by atoms with van der Waals surface area (Å²) in [5.74, 6) is 0.0925. The van der Waals surface area contributed by atoms with E-state index in [0.29, 0.717) is 15.9 Å². The molecule has 4 N–H and O–H groups in total. The fraction of sp³-hybridized carbons (Fsp3) is 0.111. The van der Waals surface area contributed by atoms with Crippen molar-refractivity contribution in [3.05, 3.63) is 29.3 Å². The number of halogens is 2. The Labute approximate surface area is 110 Å². The minimum atomic E-state index is 0. The molecule has 0 amide bonds. The van der Waals surface area contributed by atoms with Gasteiger partial charge in [-0.2, -0.15) is 4.99 Å². The van der Waals surface area contributed by atoms with Gasteiger partial charge in [0.2, 0.25) is 5.96 Å². The average Bonchev–Trinajstić information content (AvgIpc) is 2.21. The molecule has 0 bridgehead atoms. The van der Waals surface area contributed by atoms with E-state index in [1.807, 2.05) is 18.4 Å². The van der Waals surface area contributed by atoms with Crippen LogP contribution in [0.1, 0.15) is 0 Å². The Balaban J connectivity index is 0.00000225. The maximum absolute atomic E-state index is 5.89. The lowest BCUT2D eigenvalue weighted by Gasteiger charge is -1.98. The van der Waals surface area contributed by atoms with Crippen LogP contribution in [0.25, 0.3) is 0 Å². The third-order valence-electron chi connectivity index (χ3n) is 1.52. The van der Waals surface area contributed by atoms with E-state index in [2.05, 4.69) is 9.98 Å². The van der Waals surface area contributed by atoms with Crippen LogP contribution in [0.3, 0.4) is 0 Å². The van der Waals surface area contributed by atoms with Crippen molar-refractivity contribution in [3.8, 4) is 0 Å². The van der Waals surface area contributed by atoms with Crippen LogP contribution in [0.5, 0.6) is 0 Å². The molecule has 7 heteroatoms. The topological polar surface area (TPSA) is 76.8 Å². The van der Waals surface area contributed by atoms with E-state index in [4.69, 9.17) is 23.1 Å². The van der Waals surface area contributed by atoms with E-state index < -0.39 is 0 Å². The van der Waals surface area contributed by atoms with Gasteiger partial charge in [-0.3, -0.25) is 0 Å². The third-order valence-corrected chi connectivity index (χ3v) is 2.35. The maximum Gasteiger partial charge on any atom is 0.223 e. The highest BCUT2D eigenvalue weighted by molar-refractivity contribution is 8.13. The number of nitrogens with zero attached hydrogens (tertiary/aromatic N) is 2. The number of hydrogen-bond acceptors (Lipinski definition) is 2. The fourth-order valence-corrected chi connectivity index (χ4v) is 1.21. The summed E-state index contributed by atoms with van der Waals surface area (Å²) in [5.41, 5.74) is 11.6. The van der Waals surface area contributed by atoms with Crippen molar-refractivity contribution in [3.63, 3.8) is 0 Å². The van der Waals surface area contributed by atoms with Gasteiger partial charge in [-0.1, -0.05) is 35.5 Å². The van der Waals surface area contributed by atoms with Gasteiger partial charge in [-0.05, 0) is 18.4 Å². The zero-order valence-electron chi connectivity index (χ0n) is 8.55. The third kappa shape index (κ3) is 4.74. The SMILES string of the molecule is CS/C(N)=N/C(N)=Nc1ccccc1Cl.Cl. The largest absolute Gasteiger partial charge is 0.378 e. The van der Waals surface area contributed by atoms with Gasteiger partial charge in [-0.25, -0.2) is 4.99 Å². The van der Waals surface area contributed by atoms with E-state index >= 15 is 0 Å². The zero-order chi connectivity index (χ0) is 11.3. The van der Waals surface area contributed by atoms with Crippen molar-refractivity contribution in [2.24, 2.45) is 21.5 Å². The first-order valence-electron chi connectivity index (χ1n) is 4.10. The smallest absolute Gasteiger partial charge is 0.223 e. The van der Waals surface area contributed by atoms with Crippen molar-refractivity contribution >= 4 is 52.6 Å². The summed E-state index contributed by atoms with van der Waals surface area (Å²) in [6.07, 6.45) is 1.81. The second-order valence-corrected chi connectivity index (χ2v) is 3.81. The lowest BCUT2D eigenvalue weighted by molar-refractivity contribution is 1.41. The van der Waals surface area contributed by atoms with Gasteiger partial charge in [0.15, 0.2) is 5.17 Å². The molecule has 0 atom stereocenters. The highest BCUT2D eigenvalue weighted by Crippen LogP contribution is 2.23. The molecular formula is C9H12Cl2N4S. The summed E-state index contributed by atoms with van der Waals surface area (Å²) in [5, 5.41) is 0.890. The lowest BCUT2D eigenvalue weighted by atomic mass is 10.3. The Hall–Kier alpha value is -0.910. The quantitative estimate of drug-likeness (QED) is 0.612. The molecule has 16 heavy (non-hydrogen) atoms. The minimum Gasteiger partial charge on any atom is -0.378 e. The summed E-state index contributed by atoms with van der Waals surface area (Å²) in [6, 6.07) is 7.12. The highest BCUT2D eigenvalue weighted by Gasteiger charge is 1.97.